The Balaban J connectivity index is 1.43. The number of amides is 1. The predicted molar refractivity (Wildman–Crippen MR) is 117 cm³/mol. The second kappa shape index (κ2) is 7.62. The quantitative estimate of drug-likeness (QED) is 0.505. The highest BCUT2D eigenvalue weighted by Crippen LogP contribution is 2.26. The van der Waals surface area contributed by atoms with Gasteiger partial charge in [0.1, 0.15) is 0 Å². The van der Waals surface area contributed by atoms with E-state index in [0.29, 0.717) is 24.3 Å². The summed E-state index contributed by atoms with van der Waals surface area (Å²) in [5.41, 5.74) is 4.57. The van der Waals surface area contributed by atoms with E-state index in [4.69, 9.17) is 0 Å². The summed E-state index contributed by atoms with van der Waals surface area (Å²) in [7, 11) is 0. The monoisotopic (exact) mass is 418 g/mol. The smallest absolute Gasteiger partial charge is 0.270 e. The maximum atomic E-state index is 13.5. The number of aromatic nitrogens is 4. The Kier molecular flexibility index (Phi) is 4.80. The number of carbonyl (C=O) groups excluding carboxylic acids is 1. The number of thiazole rings is 1. The molecule has 3 heterocycles. The van der Waals surface area contributed by atoms with Gasteiger partial charge in [0.2, 0.25) is 0 Å². The van der Waals surface area contributed by atoms with Gasteiger partial charge in [-0.15, -0.1) is 11.3 Å². The minimum atomic E-state index is -0.0155. The lowest BCUT2D eigenvalue weighted by atomic mass is 10.1. The van der Waals surface area contributed by atoms with Gasteiger partial charge in [0.25, 0.3) is 5.91 Å². The number of rotatable bonds is 4. The molecular weight excluding hydrogens is 396 g/mol. The molecule has 30 heavy (non-hydrogen) atoms. The molecule has 0 aliphatic carbocycles. The lowest BCUT2D eigenvalue weighted by Gasteiger charge is -2.28. The van der Waals surface area contributed by atoms with E-state index in [1.165, 1.54) is 15.1 Å². The van der Waals surface area contributed by atoms with Crippen LogP contribution in [-0.2, 0) is 6.54 Å². The molecule has 1 saturated heterocycles. The highest BCUT2D eigenvalue weighted by Gasteiger charge is 2.29. The van der Waals surface area contributed by atoms with Gasteiger partial charge in [-0.3, -0.25) is 9.80 Å². The van der Waals surface area contributed by atoms with Crippen molar-refractivity contribution in [1.82, 2.24) is 30.0 Å². The molecule has 5 rings (SSSR count). The summed E-state index contributed by atoms with van der Waals surface area (Å²) >= 11 is 1.70. The maximum absolute atomic E-state index is 13.5. The molecule has 0 unspecified atom stereocenters. The average molecular weight is 419 g/mol. The minimum Gasteiger partial charge on any atom is -0.271 e. The zero-order chi connectivity index (χ0) is 20.7. The lowest BCUT2D eigenvalue weighted by Crippen LogP contribution is -2.41. The third-order valence-electron chi connectivity index (χ3n) is 5.30. The van der Waals surface area contributed by atoms with Gasteiger partial charge in [-0.05, 0) is 50.1 Å². The molecule has 1 aliphatic rings. The molecule has 0 radical (unpaired) electrons. The molecule has 1 amide bonds. The van der Waals surface area contributed by atoms with E-state index in [1.54, 1.807) is 23.7 Å². The van der Waals surface area contributed by atoms with Crippen molar-refractivity contribution < 1.29 is 4.79 Å². The highest BCUT2D eigenvalue weighted by atomic mass is 32.1. The Morgan fingerprint density at radius 3 is 2.73 bits per heavy atom. The van der Waals surface area contributed by atoms with Crippen molar-refractivity contribution in [3.8, 4) is 5.69 Å². The van der Waals surface area contributed by atoms with E-state index in [0.717, 1.165) is 29.1 Å². The van der Waals surface area contributed by atoms with Crippen LogP contribution >= 0.6 is 11.3 Å². The van der Waals surface area contributed by atoms with Gasteiger partial charge in [-0.2, -0.15) is 15.0 Å². The van der Waals surface area contributed by atoms with Gasteiger partial charge in [0, 0.05) is 19.6 Å². The normalized spacial score (nSPS) is 14.7. The summed E-state index contributed by atoms with van der Waals surface area (Å²) < 4.78 is 1.19. The zero-order valence-corrected chi connectivity index (χ0v) is 17.8. The molecule has 4 aromatic rings. The van der Waals surface area contributed by atoms with Gasteiger partial charge < -0.3 is 0 Å². The van der Waals surface area contributed by atoms with Crippen LogP contribution in [0.1, 0.15) is 32.9 Å². The van der Waals surface area contributed by atoms with E-state index in [-0.39, 0.29) is 5.91 Å². The minimum absolute atomic E-state index is 0.0155. The third-order valence-corrected chi connectivity index (χ3v) is 6.24. The molecule has 152 valence electrons. The first-order chi connectivity index (χ1) is 14.6. The Bertz CT molecular complexity index is 1220. The fraction of sp³-hybridized carbons (Fsp3) is 0.273. The molecule has 0 N–H and O–H groups in total. The van der Waals surface area contributed by atoms with Crippen LogP contribution in [0.5, 0.6) is 0 Å². The summed E-state index contributed by atoms with van der Waals surface area (Å²) in [5.74, 6) is -0.0155. The number of hydrazine groups is 1. The topological polar surface area (TPSA) is 67.2 Å². The van der Waals surface area contributed by atoms with Crippen LogP contribution in [0.3, 0.4) is 0 Å². The largest absolute Gasteiger partial charge is 0.271 e. The van der Waals surface area contributed by atoms with E-state index in [2.05, 4.69) is 38.4 Å². The van der Waals surface area contributed by atoms with Crippen molar-refractivity contribution in [3.05, 3.63) is 70.5 Å². The van der Waals surface area contributed by atoms with E-state index in [9.17, 15) is 4.79 Å². The number of carbonyl (C=O) groups is 1. The molecule has 0 spiro atoms. The van der Waals surface area contributed by atoms with Crippen molar-refractivity contribution in [2.24, 2.45) is 0 Å². The van der Waals surface area contributed by atoms with Crippen LogP contribution in [0.2, 0.25) is 0 Å². The Morgan fingerprint density at radius 1 is 1.07 bits per heavy atom. The molecule has 2 aromatic carbocycles. The summed E-state index contributed by atoms with van der Waals surface area (Å²) in [5, 5.41) is 13.5. The van der Waals surface area contributed by atoms with Crippen LogP contribution in [0, 0.1) is 13.8 Å². The third kappa shape index (κ3) is 3.48. The first kappa shape index (κ1) is 18.9. The number of aryl methyl sites for hydroxylation is 2. The molecule has 0 atom stereocenters. The highest BCUT2D eigenvalue weighted by molar-refractivity contribution is 7.18. The fourth-order valence-corrected chi connectivity index (χ4v) is 4.82. The Morgan fingerprint density at radius 2 is 1.90 bits per heavy atom. The number of fused-ring (bicyclic) bond motifs is 1. The van der Waals surface area contributed by atoms with Gasteiger partial charge in [-0.1, -0.05) is 17.7 Å². The van der Waals surface area contributed by atoms with Crippen molar-refractivity contribution in [3.63, 3.8) is 0 Å². The van der Waals surface area contributed by atoms with Gasteiger partial charge in [0.15, 0.2) is 0 Å². The van der Waals surface area contributed by atoms with Crippen LogP contribution in [0.25, 0.3) is 15.9 Å². The first-order valence-corrected chi connectivity index (χ1v) is 10.8. The maximum Gasteiger partial charge on any atom is 0.270 e. The lowest BCUT2D eigenvalue weighted by molar-refractivity contribution is 0.0170. The molecule has 2 aromatic heterocycles. The molecule has 7 nitrogen and oxygen atoms in total. The SMILES string of the molecule is Cc1ccc(-n2nccn2)c(C(=O)N2CCCN2Cc2ccc3nc(C)sc3c2)c1. The van der Waals surface area contributed by atoms with Gasteiger partial charge in [-0.25, -0.2) is 9.99 Å². The van der Waals surface area contributed by atoms with Crippen LogP contribution < -0.4 is 0 Å². The summed E-state index contributed by atoms with van der Waals surface area (Å²) in [6, 6.07) is 12.2. The summed E-state index contributed by atoms with van der Waals surface area (Å²) in [6.07, 6.45) is 4.19. The van der Waals surface area contributed by atoms with Crippen molar-refractivity contribution >= 4 is 27.5 Å². The van der Waals surface area contributed by atoms with Crippen LogP contribution in [0.15, 0.2) is 48.8 Å². The van der Waals surface area contributed by atoms with Crippen molar-refractivity contribution in [1.29, 1.82) is 0 Å². The van der Waals surface area contributed by atoms with E-state index >= 15 is 0 Å². The van der Waals surface area contributed by atoms with Crippen LogP contribution in [0.4, 0.5) is 0 Å². The number of hydrogen-bond donors (Lipinski definition) is 0. The summed E-state index contributed by atoms with van der Waals surface area (Å²) in [4.78, 5) is 19.6. The van der Waals surface area contributed by atoms with Gasteiger partial charge in [0.05, 0.1) is 38.9 Å². The number of benzene rings is 2. The van der Waals surface area contributed by atoms with E-state index in [1.807, 2.05) is 37.1 Å². The summed E-state index contributed by atoms with van der Waals surface area (Å²) in [6.45, 7) is 6.28. The Labute approximate surface area is 178 Å². The Hall–Kier alpha value is -3.10. The fourth-order valence-electron chi connectivity index (χ4n) is 3.93. The van der Waals surface area contributed by atoms with Gasteiger partial charge >= 0.3 is 0 Å². The molecule has 0 saturated carbocycles. The molecular formula is C22H22N6OS. The average Bonchev–Trinajstić information content (AvgIpc) is 3.47. The second-order valence-corrected chi connectivity index (χ2v) is 8.78. The standard InChI is InChI=1S/C22H22N6OS/c1-15-4-7-20(28-23-8-9-24-28)18(12-15)22(29)27-11-3-10-26(27)14-17-5-6-19-21(13-17)30-16(2)25-19/h4-9,12-13H,3,10-11,14H2,1-2H3. The molecule has 1 aliphatic heterocycles. The van der Waals surface area contributed by atoms with Crippen molar-refractivity contribution in [2.45, 2.75) is 26.8 Å². The zero-order valence-electron chi connectivity index (χ0n) is 16.9. The van der Waals surface area contributed by atoms with Crippen LogP contribution in [-0.4, -0.2) is 49.0 Å². The molecule has 0 bridgehead atoms. The first-order valence-electron chi connectivity index (χ1n) is 9.98. The second-order valence-electron chi connectivity index (χ2n) is 7.54. The molecule has 8 heteroatoms. The predicted octanol–water partition coefficient (Wildman–Crippen LogP) is 3.76. The van der Waals surface area contributed by atoms with E-state index < -0.39 is 0 Å². The number of hydrogen-bond acceptors (Lipinski definition) is 6. The molecule has 1 fully saturated rings. The number of nitrogens with zero attached hydrogens (tertiary/aromatic N) is 6. The van der Waals surface area contributed by atoms with Crippen molar-refractivity contribution in [2.75, 3.05) is 13.1 Å².